The summed E-state index contributed by atoms with van der Waals surface area (Å²) in [5.41, 5.74) is 0. The van der Waals surface area contributed by atoms with Gasteiger partial charge in [-0.3, -0.25) is 4.79 Å². The lowest BCUT2D eigenvalue weighted by molar-refractivity contribution is -0.141. The predicted octanol–water partition coefficient (Wildman–Crippen LogP) is 1.15. The van der Waals surface area contributed by atoms with E-state index in [9.17, 15) is 9.90 Å². The molecule has 0 saturated heterocycles. The van der Waals surface area contributed by atoms with Crippen LogP contribution in [-0.2, 0) is 14.6 Å². The van der Waals surface area contributed by atoms with Gasteiger partial charge in [-0.1, -0.05) is 0 Å². The first-order chi connectivity index (χ1) is 4.77. The lowest BCUT2D eigenvalue weighted by atomic mass is 10.2. The van der Waals surface area contributed by atoms with Crippen molar-refractivity contribution >= 4 is 5.97 Å². The molecule has 0 aliphatic heterocycles. The summed E-state index contributed by atoms with van der Waals surface area (Å²) in [6.07, 6.45) is 2.35. The number of rotatable bonds is 5. The predicted molar refractivity (Wildman–Crippen MR) is 36.0 cm³/mol. The number of carbonyl (C=O) groups excluding carboxylic acids is 1. The lowest BCUT2D eigenvalue weighted by Gasteiger charge is -1.98. The maximum absolute atomic E-state index is 10.2. The quantitative estimate of drug-likeness (QED) is 0.430. The SMILES string of the molecule is CC(=O)OCCCCC[O]. The molecule has 0 saturated carbocycles. The number of carbonyl (C=O) groups is 1. The van der Waals surface area contributed by atoms with Crippen molar-refractivity contribution in [1.29, 1.82) is 0 Å². The minimum Gasteiger partial charge on any atom is -0.466 e. The lowest BCUT2D eigenvalue weighted by Crippen LogP contribution is -2.00. The largest absolute Gasteiger partial charge is 0.466 e. The van der Waals surface area contributed by atoms with Crippen molar-refractivity contribution in [3.05, 3.63) is 0 Å². The van der Waals surface area contributed by atoms with Crippen molar-refractivity contribution in [2.24, 2.45) is 0 Å². The molecule has 0 bridgehead atoms. The van der Waals surface area contributed by atoms with Gasteiger partial charge in [-0.25, -0.2) is 5.11 Å². The Labute approximate surface area is 61.0 Å². The maximum Gasteiger partial charge on any atom is 0.302 e. The fourth-order valence-electron chi connectivity index (χ4n) is 0.597. The van der Waals surface area contributed by atoms with E-state index in [0.717, 1.165) is 12.8 Å². The van der Waals surface area contributed by atoms with Crippen molar-refractivity contribution in [2.45, 2.75) is 26.2 Å². The number of hydrogen-bond donors (Lipinski definition) is 0. The minimum absolute atomic E-state index is 0.0277. The highest BCUT2D eigenvalue weighted by molar-refractivity contribution is 5.65. The third-order valence-electron chi connectivity index (χ3n) is 1.09. The number of esters is 1. The Morgan fingerprint density at radius 3 is 2.50 bits per heavy atom. The summed E-state index contributed by atoms with van der Waals surface area (Å²) >= 11 is 0. The van der Waals surface area contributed by atoms with Gasteiger partial charge in [0, 0.05) is 6.92 Å². The summed E-state index contributed by atoms with van der Waals surface area (Å²) in [5, 5.41) is 9.92. The van der Waals surface area contributed by atoms with Gasteiger partial charge in [0.15, 0.2) is 0 Å². The van der Waals surface area contributed by atoms with Gasteiger partial charge in [0.25, 0.3) is 0 Å². The monoisotopic (exact) mass is 145 g/mol. The zero-order valence-electron chi connectivity index (χ0n) is 6.26. The van der Waals surface area contributed by atoms with E-state index in [0.29, 0.717) is 13.0 Å². The van der Waals surface area contributed by atoms with Crippen LogP contribution in [0, 0.1) is 0 Å². The molecule has 0 aromatic heterocycles. The van der Waals surface area contributed by atoms with Crippen molar-refractivity contribution in [1.82, 2.24) is 0 Å². The molecule has 3 nitrogen and oxygen atoms in total. The highest BCUT2D eigenvalue weighted by Gasteiger charge is 1.91. The van der Waals surface area contributed by atoms with Crippen LogP contribution in [0.5, 0.6) is 0 Å². The van der Waals surface area contributed by atoms with Gasteiger partial charge in [-0.05, 0) is 19.3 Å². The van der Waals surface area contributed by atoms with Crippen LogP contribution < -0.4 is 0 Å². The Hall–Kier alpha value is -0.570. The molecule has 0 aliphatic carbocycles. The molecule has 0 aromatic rings. The summed E-state index contributed by atoms with van der Waals surface area (Å²) in [7, 11) is 0. The van der Waals surface area contributed by atoms with Gasteiger partial charge in [0.05, 0.1) is 13.2 Å². The first kappa shape index (κ1) is 9.43. The van der Waals surface area contributed by atoms with Crippen molar-refractivity contribution < 1.29 is 14.6 Å². The van der Waals surface area contributed by atoms with Crippen LogP contribution in [0.2, 0.25) is 0 Å². The minimum atomic E-state index is -0.248. The standard InChI is InChI=1S/C7H13O3/c1-7(9)10-6-4-2-3-5-8/h2-6H2,1H3. The topological polar surface area (TPSA) is 46.2 Å². The van der Waals surface area contributed by atoms with E-state index in [1.54, 1.807) is 0 Å². The first-order valence-electron chi connectivity index (χ1n) is 3.49. The Bertz CT molecular complexity index is 90.9. The average Bonchev–Trinajstić information content (AvgIpc) is 1.87. The number of ether oxygens (including phenoxy) is 1. The second-order valence-corrected chi connectivity index (χ2v) is 2.10. The maximum atomic E-state index is 10.2. The molecule has 3 heteroatoms. The molecule has 0 aliphatic rings. The summed E-state index contributed by atoms with van der Waals surface area (Å²) in [6, 6.07) is 0. The van der Waals surface area contributed by atoms with Crippen LogP contribution in [0.1, 0.15) is 26.2 Å². The smallest absolute Gasteiger partial charge is 0.302 e. The zero-order valence-corrected chi connectivity index (χ0v) is 6.26. The second-order valence-electron chi connectivity index (χ2n) is 2.10. The molecule has 0 atom stereocenters. The highest BCUT2D eigenvalue weighted by atomic mass is 16.5. The Morgan fingerprint density at radius 2 is 2.00 bits per heavy atom. The van der Waals surface area contributed by atoms with E-state index in [-0.39, 0.29) is 12.6 Å². The molecule has 0 heterocycles. The molecule has 0 spiro atoms. The van der Waals surface area contributed by atoms with Crippen LogP contribution in [-0.4, -0.2) is 19.2 Å². The van der Waals surface area contributed by atoms with Crippen LogP contribution >= 0.6 is 0 Å². The molecule has 0 unspecified atom stereocenters. The van der Waals surface area contributed by atoms with Crippen molar-refractivity contribution in [3.63, 3.8) is 0 Å². The first-order valence-corrected chi connectivity index (χ1v) is 3.49. The van der Waals surface area contributed by atoms with E-state index in [1.807, 2.05) is 0 Å². The van der Waals surface area contributed by atoms with E-state index in [4.69, 9.17) is 0 Å². The molecular formula is C7H13O3. The molecule has 0 fully saturated rings. The Balaban J connectivity index is 2.84. The summed E-state index contributed by atoms with van der Waals surface area (Å²) in [6.45, 7) is 1.81. The van der Waals surface area contributed by atoms with E-state index in [2.05, 4.69) is 4.74 Å². The zero-order chi connectivity index (χ0) is 7.82. The van der Waals surface area contributed by atoms with Gasteiger partial charge in [0.1, 0.15) is 0 Å². The van der Waals surface area contributed by atoms with Crippen molar-refractivity contribution in [3.8, 4) is 0 Å². The molecular weight excluding hydrogens is 132 g/mol. The molecule has 59 valence electrons. The molecule has 10 heavy (non-hydrogen) atoms. The summed E-state index contributed by atoms with van der Waals surface area (Å²) in [4.78, 5) is 10.2. The Kier molecular flexibility index (Phi) is 6.18. The van der Waals surface area contributed by atoms with Gasteiger partial charge in [0.2, 0.25) is 0 Å². The molecule has 0 rings (SSSR count). The van der Waals surface area contributed by atoms with Crippen LogP contribution in [0.25, 0.3) is 0 Å². The van der Waals surface area contributed by atoms with Crippen LogP contribution in [0.3, 0.4) is 0 Å². The van der Waals surface area contributed by atoms with Gasteiger partial charge in [-0.15, -0.1) is 0 Å². The number of hydrogen-bond acceptors (Lipinski definition) is 2. The summed E-state index contributed by atoms with van der Waals surface area (Å²) < 4.78 is 4.65. The Morgan fingerprint density at radius 1 is 1.30 bits per heavy atom. The molecule has 1 radical (unpaired) electrons. The summed E-state index contributed by atoms with van der Waals surface area (Å²) in [5.74, 6) is -0.248. The second kappa shape index (κ2) is 6.55. The van der Waals surface area contributed by atoms with Gasteiger partial charge < -0.3 is 4.74 Å². The molecule has 0 amide bonds. The highest BCUT2D eigenvalue weighted by Crippen LogP contribution is 1.94. The van der Waals surface area contributed by atoms with E-state index < -0.39 is 0 Å². The van der Waals surface area contributed by atoms with Crippen LogP contribution in [0.4, 0.5) is 0 Å². The normalized spacial score (nSPS) is 9.40. The van der Waals surface area contributed by atoms with Crippen LogP contribution in [0.15, 0.2) is 0 Å². The fourth-order valence-corrected chi connectivity index (χ4v) is 0.597. The third kappa shape index (κ3) is 7.43. The van der Waals surface area contributed by atoms with Crippen molar-refractivity contribution in [2.75, 3.05) is 13.2 Å². The fraction of sp³-hybridized carbons (Fsp3) is 0.857. The number of unbranched alkanes of at least 4 members (excludes halogenated alkanes) is 2. The molecule has 0 aromatic carbocycles. The molecule has 0 N–H and O–H groups in total. The third-order valence-corrected chi connectivity index (χ3v) is 1.09. The van der Waals surface area contributed by atoms with Gasteiger partial charge in [-0.2, -0.15) is 0 Å². The van der Waals surface area contributed by atoms with E-state index in [1.165, 1.54) is 6.92 Å². The van der Waals surface area contributed by atoms with Gasteiger partial charge >= 0.3 is 5.97 Å². The average molecular weight is 145 g/mol. The van der Waals surface area contributed by atoms with E-state index >= 15 is 0 Å².